The normalized spacial score (nSPS) is 25.9. The van der Waals surface area contributed by atoms with Crippen molar-refractivity contribution in [1.29, 1.82) is 0 Å². The van der Waals surface area contributed by atoms with Crippen LogP contribution in [-0.4, -0.2) is 67.1 Å². The van der Waals surface area contributed by atoms with Gasteiger partial charge < -0.3 is 15.5 Å². The molecule has 1 aromatic rings. The SMILES string of the molecule is C/C(N)=C/N(N)c1cc(F)cnc1N1CCN(C2CCC3(C2)CN(C)C3)CC1. The molecule has 4 N–H and O–H groups in total. The van der Waals surface area contributed by atoms with Crippen LogP contribution in [0.3, 0.4) is 0 Å². The first-order valence-electron chi connectivity index (χ1n) is 10.2. The van der Waals surface area contributed by atoms with Crippen LogP contribution < -0.4 is 21.5 Å². The maximum absolute atomic E-state index is 13.8. The van der Waals surface area contributed by atoms with E-state index in [0.29, 0.717) is 28.7 Å². The van der Waals surface area contributed by atoms with Crippen molar-refractivity contribution in [1.82, 2.24) is 14.8 Å². The highest BCUT2D eigenvalue weighted by Gasteiger charge is 2.48. The highest BCUT2D eigenvalue weighted by atomic mass is 19.1. The van der Waals surface area contributed by atoms with Crippen molar-refractivity contribution >= 4 is 11.5 Å². The first-order valence-corrected chi connectivity index (χ1v) is 10.2. The van der Waals surface area contributed by atoms with Gasteiger partial charge in [-0.25, -0.2) is 15.2 Å². The molecule has 154 valence electrons. The number of hydrogen-bond acceptors (Lipinski definition) is 7. The molecule has 1 aromatic heterocycles. The number of likely N-dealkylation sites (tertiary alicyclic amines) is 1. The lowest BCUT2D eigenvalue weighted by atomic mass is 9.78. The van der Waals surface area contributed by atoms with Gasteiger partial charge in [-0.05, 0) is 38.6 Å². The molecule has 4 rings (SSSR count). The van der Waals surface area contributed by atoms with Gasteiger partial charge in [0.1, 0.15) is 11.5 Å². The van der Waals surface area contributed by atoms with Crippen LogP contribution in [0.2, 0.25) is 0 Å². The summed E-state index contributed by atoms with van der Waals surface area (Å²) in [6.07, 6.45) is 6.84. The van der Waals surface area contributed by atoms with Crippen LogP contribution in [0, 0.1) is 11.2 Å². The van der Waals surface area contributed by atoms with Crippen molar-refractivity contribution < 1.29 is 4.39 Å². The first kappa shape index (κ1) is 19.4. The number of hydrogen-bond donors (Lipinski definition) is 2. The van der Waals surface area contributed by atoms with Gasteiger partial charge in [-0.15, -0.1) is 0 Å². The van der Waals surface area contributed by atoms with Gasteiger partial charge in [-0.1, -0.05) is 0 Å². The second-order valence-electron chi connectivity index (χ2n) is 8.87. The molecule has 8 heteroatoms. The van der Waals surface area contributed by atoms with Gasteiger partial charge in [0.25, 0.3) is 0 Å². The molecule has 1 unspecified atom stereocenters. The summed E-state index contributed by atoms with van der Waals surface area (Å²) < 4.78 is 13.8. The number of pyridine rings is 1. The fraction of sp³-hybridized carbons (Fsp3) is 0.650. The zero-order chi connectivity index (χ0) is 19.9. The van der Waals surface area contributed by atoms with Gasteiger partial charge in [0.05, 0.1) is 6.20 Å². The molecule has 1 aliphatic carbocycles. The fourth-order valence-corrected chi connectivity index (χ4v) is 5.32. The Morgan fingerprint density at radius 1 is 1.32 bits per heavy atom. The Kier molecular flexibility index (Phi) is 5.20. The Labute approximate surface area is 166 Å². The Bertz CT molecular complexity index is 734. The Hall–Kier alpha value is -1.90. The van der Waals surface area contributed by atoms with E-state index in [0.717, 1.165) is 26.2 Å². The molecule has 7 nitrogen and oxygen atoms in total. The van der Waals surface area contributed by atoms with Gasteiger partial charge in [0.2, 0.25) is 0 Å². The van der Waals surface area contributed by atoms with Crippen LogP contribution in [0.5, 0.6) is 0 Å². The minimum atomic E-state index is -0.405. The summed E-state index contributed by atoms with van der Waals surface area (Å²) in [6.45, 7) is 8.01. The van der Waals surface area contributed by atoms with Crippen LogP contribution in [0.15, 0.2) is 24.2 Å². The van der Waals surface area contributed by atoms with Crippen molar-refractivity contribution in [3.63, 3.8) is 0 Å². The molecule has 2 saturated heterocycles. The van der Waals surface area contributed by atoms with Crippen LogP contribution >= 0.6 is 0 Å². The fourth-order valence-electron chi connectivity index (χ4n) is 5.32. The van der Waals surface area contributed by atoms with Crippen molar-refractivity contribution in [2.24, 2.45) is 17.0 Å². The molecule has 3 heterocycles. The topological polar surface area (TPSA) is 77.9 Å². The van der Waals surface area contributed by atoms with Gasteiger partial charge in [0.15, 0.2) is 5.82 Å². The lowest BCUT2D eigenvalue weighted by molar-refractivity contribution is 0.0204. The van der Waals surface area contributed by atoms with E-state index in [1.54, 1.807) is 13.1 Å². The standard InChI is InChI=1S/C20H32FN7/c1-15(22)12-28(23)18-9-16(21)11-24-19(18)27-7-5-26(6-8-27)17-3-4-20(10-17)13-25(2)14-20/h9,11-12,17H,3-8,10,13-14,22-23H2,1-2H3/b15-12-. The van der Waals surface area contributed by atoms with Gasteiger partial charge >= 0.3 is 0 Å². The molecular formula is C20H32FN7. The smallest absolute Gasteiger partial charge is 0.154 e. The lowest BCUT2D eigenvalue weighted by Crippen LogP contribution is -2.54. The number of hydrazine groups is 1. The number of nitrogens with zero attached hydrogens (tertiary/aromatic N) is 5. The molecule has 3 aliphatic rings. The minimum Gasteiger partial charge on any atom is -0.401 e. The van der Waals surface area contributed by atoms with E-state index in [2.05, 4.69) is 26.7 Å². The van der Waals surface area contributed by atoms with Crippen molar-refractivity contribution in [2.75, 3.05) is 56.2 Å². The van der Waals surface area contributed by atoms with Gasteiger partial charge in [-0.3, -0.25) is 9.91 Å². The Balaban J connectivity index is 1.41. The summed E-state index contributed by atoms with van der Waals surface area (Å²) in [7, 11) is 2.21. The minimum absolute atomic E-state index is 0.405. The predicted octanol–water partition coefficient (Wildman–Crippen LogP) is 1.33. The second kappa shape index (κ2) is 7.50. The molecule has 1 saturated carbocycles. The highest BCUT2D eigenvalue weighted by Crippen LogP contribution is 2.46. The van der Waals surface area contributed by atoms with E-state index in [1.807, 2.05) is 0 Å². The highest BCUT2D eigenvalue weighted by molar-refractivity contribution is 5.68. The molecule has 0 bridgehead atoms. The van der Waals surface area contributed by atoms with E-state index in [-0.39, 0.29) is 0 Å². The third kappa shape index (κ3) is 3.81. The van der Waals surface area contributed by atoms with E-state index in [1.165, 1.54) is 49.6 Å². The number of halogens is 1. The summed E-state index contributed by atoms with van der Waals surface area (Å²) >= 11 is 0. The van der Waals surface area contributed by atoms with Crippen LogP contribution in [0.25, 0.3) is 0 Å². The van der Waals surface area contributed by atoms with Crippen LogP contribution in [0.1, 0.15) is 26.2 Å². The molecular weight excluding hydrogens is 357 g/mol. The van der Waals surface area contributed by atoms with Crippen molar-refractivity contribution in [3.05, 3.63) is 30.0 Å². The molecule has 1 spiro atoms. The third-order valence-corrected chi connectivity index (χ3v) is 6.45. The van der Waals surface area contributed by atoms with Gasteiger partial charge in [0, 0.05) is 63.3 Å². The average Bonchev–Trinajstić information content (AvgIpc) is 3.06. The summed E-state index contributed by atoms with van der Waals surface area (Å²) in [6, 6.07) is 2.12. The van der Waals surface area contributed by atoms with Crippen molar-refractivity contribution in [3.8, 4) is 0 Å². The van der Waals surface area contributed by atoms with Crippen LogP contribution in [0.4, 0.5) is 15.9 Å². The molecule has 0 amide bonds. The van der Waals surface area contributed by atoms with Crippen LogP contribution in [-0.2, 0) is 0 Å². The van der Waals surface area contributed by atoms with E-state index in [9.17, 15) is 4.39 Å². The monoisotopic (exact) mass is 389 g/mol. The number of nitrogens with two attached hydrogens (primary N) is 2. The largest absolute Gasteiger partial charge is 0.401 e. The summed E-state index contributed by atoms with van der Waals surface area (Å²) in [5, 5.41) is 1.36. The molecule has 0 aromatic carbocycles. The maximum atomic E-state index is 13.8. The predicted molar refractivity (Wildman–Crippen MR) is 110 cm³/mol. The molecule has 3 fully saturated rings. The molecule has 28 heavy (non-hydrogen) atoms. The Morgan fingerprint density at radius 2 is 2.04 bits per heavy atom. The average molecular weight is 390 g/mol. The molecule has 0 radical (unpaired) electrons. The van der Waals surface area contributed by atoms with Gasteiger partial charge in [-0.2, -0.15) is 0 Å². The zero-order valence-corrected chi connectivity index (χ0v) is 16.9. The lowest BCUT2D eigenvalue weighted by Gasteiger charge is -2.47. The third-order valence-electron chi connectivity index (χ3n) is 6.45. The zero-order valence-electron chi connectivity index (χ0n) is 16.9. The van der Waals surface area contributed by atoms with Crippen molar-refractivity contribution in [2.45, 2.75) is 32.2 Å². The number of anilines is 2. The number of piperazine rings is 1. The number of aromatic nitrogens is 1. The molecule has 1 atom stereocenters. The van der Waals surface area contributed by atoms with E-state index >= 15 is 0 Å². The van der Waals surface area contributed by atoms with E-state index in [4.69, 9.17) is 11.6 Å². The number of allylic oxidation sites excluding steroid dienone is 1. The molecule has 2 aliphatic heterocycles. The summed E-state index contributed by atoms with van der Waals surface area (Å²) in [5.41, 5.74) is 7.40. The first-order chi connectivity index (χ1) is 13.3. The summed E-state index contributed by atoms with van der Waals surface area (Å²) in [4.78, 5) is 11.6. The maximum Gasteiger partial charge on any atom is 0.154 e. The Morgan fingerprint density at radius 3 is 2.68 bits per heavy atom. The quantitative estimate of drug-likeness (QED) is 0.594. The van der Waals surface area contributed by atoms with E-state index < -0.39 is 5.82 Å². The second-order valence-corrected chi connectivity index (χ2v) is 8.87. The summed E-state index contributed by atoms with van der Waals surface area (Å²) in [5.74, 6) is 6.40. The number of rotatable bonds is 4.